The lowest BCUT2D eigenvalue weighted by atomic mass is 10.2. The van der Waals surface area contributed by atoms with Gasteiger partial charge >= 0.3 is 0 Å². The van der Waals surface area contributed by atoms with E-state index >= 15 is 0 Å². The summed E-state index contributed by atoms with van der Waals surface area (Å²) in [7, 11) is 4.06. The van der Waals surface area contributed by atoms with Crippen LogP contribution in [0.25, 0.3) is 22.0 Å². The molecule has 0 atom stereocenters. The summed E-state index contributed by atoms with van der Waals surface area (Å²) in [5.74, 6) is 0. The van der Waals surface area contributed by atoms with E-state index in [2.05, 4.69) is 39.1 Å². The minimum atomic E-state index is 0.574. The Hall–Kier alpha value is -1.92. The van der Waals surface area contributed by atoms with Crippen molar-refractivity contribution >= 4 is 33.5 Å². The van der Waals surface area contributed by atoms with E-state index in [1.165, 1.54) is 17.0 Å². The Bertz CT molecular complexity index is 713. The number of thiazole rings is 2. The third kappa shape index (κ3) is 2.52. The van der Waals surface area contributed by atoms with Crippen molar-refractivity contribution in [1.82, 2.24) is 9.97 Å². The highest BCUT2D eigenvalue weighted by Gasteiger charge is 2.09. The molecule has 0 radical (unpaired) electrons. The molecule has 6 heteroatoms. The van der Waals surface area contributed by atoms with Gasteiger partial charge in [0, 0.05) is 36.1 Å². The van der Waals surface area contributed by atoms with Gasteiger partial charge in [-0.3, -0.25) is 0 Å². The van der Waals surface area contributed by atoms with Gasteiger partial charge in [0.1, 0.15) is 16.4 Å². The van der Waals surface area contributed by atoms with Crippen LogP contribution in [0.1, 0.15) is 0 Å². The van der Waals surface area contributed by atoms with Crippen LogP contribution in [0.15, 0.2) is 35.0 Å². The minimum Gasteiger partial charge on any atom is -0.378 e. The Morgan fingerprint density at radius 1 is 0.950 bits per heavy atom. The number of rotatable bonds is 3. The topological polar surface area (TPSA) is 55.0 Å². The van der Waals surface area contributed by atoms with Crippen LogP contribution in [0.3, 0.4) is 0 Å². The summed E-state index contributed by atoms with van der Waals surface area (Å²) in [6.45, 7) is 0. The summed E-state index contributed by atoms with van der Waals surface area (Å²) < 4.78 is 0. The van der Waals surface area contributed by atoms with Crippen LogP contribution >= 0.6 is 22.7 Å². The molecule has 0 aliphatic heterocycles. The first-order chi connectivity index (χ1) is 9.63. The highest BCUT2D eigenvalue weighted by Crippen LogP contribution is 2.30. The molecular weight excluding hydrogens is 288 g/mol. The quantitative estimate of drug-likeness (QED) is 0.803. The average Bonchev–Trinajstić information content (AvgIpc) is 3.07. The van der Waals surface area contributed by atoms with Crippen LogP contribution in [0, 0.1) is 0 Å². The molecule has 2 N–H and O–H groups in total. The summed E-state index contributed by atoms with van der Waals surface area (Å²) in [6.07, 6.45) is 0. The Balaban J connectivity index is 1.90. The smallest absolute Gasteiger partial charge is 0.180 e. The largest absolute Gasteiger partial charge is 0.378 e. The number of aromatic nitrogens is 2. The number of nitrogens with two attached hydrogens (primary N) is 1. The zero-order valence-electron chi connectivity index (χ0n) is 11.2. The maximum Gasteiger partial charge on any atom is 0.180 e. The van der Waals surface area contributed by atoms with Gasteiger partial charge in [0.25, 0.3) is 0 Å². The van der Waals surface area contributed by atoms with Crippen molar-refractivity contribution in [2.24, 2.45) is 0 Å². The number of nitrogens with zero attached hydrogens (tertiary/aromatic N) is 3. The maximum absolute atomic E-state index is 5.66. The van der Waals surface area contributed by atoms with Crippen LogP contribution < -0.4 is 10.6 Å². The lowest BCUT2D eigenvalue weighted by Gasteiger charge is -2.11. The van der Waals surface area contributed by atoms with E-state index < -0.39 is 0 Å². The second-order valence-corrected chi connectivity index (χ2v) is 6.30. The van der Waals surface area contributed by atoms with Crippen LogP contribution in [-0.2, 0) is 0 Å². The number of benzene rings is 1. The van der Waals surface area contributed by atoms with Gasteiger partial charge in [-0.05, 0) is 24.3 Å². The van der Waals surface area contributed by atoms with Crippen LogP contribution in [0.4, 0.5) is 10.8 Å². The molecule has 0 unspecified atom stereocenters. The molecule has 0 aliphatic rings. The van der Waals surface area contributed by atoms with Crippen molar-refractivity contribution in [2.45, 2.75) is 0 Å². The van der Waals surface area contributed by atoms with Crippen molar-refractivity contribution in [2.75, 3.05) is 24.7 Å². The molecule has 0 amide bonds. The molecule has 1 aromatic carbocycles. The summed E-state index contributed by atoms with van der Waals surface area (Å²) in [6, 6.07) is 8.37. The Labute approximate surface area is 125 Å². The number of hydrogen-bond acceptors (Lipinski definition) is 6. The van der Waals surface area contributed by atoms with Gasteiger partial charge in [0.15, 0.2) is 5.13 Å². The molecule has 102 valence electrons. The van der Waals surface area contributed by atoms with Gasteiger partial charge in [-0.15, -0.1) is 22.7 Å². The minimum absolute atomic E-state index is 0.574. The Morgan fingerprint density at radius 3 is 2.20 bits per heavy atom. The zero-order chi connectivity index (χ0) is 14.1. The van der Waals surface area contributed by atoms with E-state index in [1.807, 2.05) is 24.9 Å². The van der Waals surface area contributed by atoms with Crippen LogP contribution in [-0.4, -0.2) is 24.1 Å². The fourth-order valence-corrected chi connectivity index (χ4v) is 3.21. The van der Waals surface area contributed by atoms with Gasteiger partial charge < -0.3 is 10.6 Å². The summed E-state index contributed by atoms with van der Waals surface area (Å²) in [5, 5.41) is 5.52. The highest BCUT2D eigenvalue weighted by atomic mass is 32.1. The maximum atomic E-state index is 5.66. The van der Waals surface area contributed by atoms with Crippen LogP contribution in [0.5, 0.6) is 0 Å². The molecule has 0 saturated heterocycles. The molecular formula is C14H14N4S2. The first-order valence-electron chi connectivity index (χ1n) is 6.08. The second kappa shape index (κ2) is 5.22. The first kappa shape index (κ1) is 13.1. The summed E-state index contributed by atoms with van der Waals surface area (Å²) >= 11 is 3.06. The third-order valence-corrected chi connectivity index (χ3v) is 4.48. The van der Waals surface area contributed by atoms with E-state index in [4.69, 9.17) is 5.73 Å². The SMILES string of the molecule is CN(C)c1ccc(-c2nc(-c3csc(N)n3)cs2)cc1. The standard InChI is InChI=1S/C14H14N4S2/c1-18(2)10-5-3-9(4-6-10)13-16-11(7-19-13)12-8-20-14(15)17-12/h3-8H,1-2H3,(H2,15,17). The van der Waals surface area contributed by atoms with Gasteiger partial charge in [0.2, 0.25) is 0 Å². The highest BCUT2D eigenvalue weighted by molar-refractivity contribution is 7.14. The van der Waals surface area contributed by atoms with Gasteiger partial charge in [-0.1, -0.05) is 0 Å². The fourth-order valence-electron chi connectivity index (χ4n) is 1.83. The first-order valence-corrected chi connectivity index (χ1v) is 7.84. The van der Waals surface area contributed by atoms with Crippen molar-refractivity contribution in [3.63, 3.8) is 0 Å². The van der Waals surface area contributed by atoms with E-state index in [9.17, 15) is 0 Å². The van der Waals surface area contributed by atoms with Crippen molar-refractivity contribution in [3.05, 3.63) is 35.0 Å². The molecule has 3 rings (SSSR count). The Kier molecular flexibility index (Phi) is 3.42. The molecule has 3 aromatic rings. The van der Waals surface area contributed by atoms with Gasteiger partial charge in [-0.25, -0.2) is 9.97 Å². The lowest BCUT2D eigenvalue weighted by Crippen LogP contribution is -2.07. The van der Waals surface area contributed by atoms with E-state index in [1.54, 1.807) is 11.3 Å². The fraction of sp³-hybridized carbons (Fsp3) is 0.143. The van der Waals surface area contributed by atoms with Crippen molar-refractivity contribution < 1.29 is 0 Å². The van der Waals surface area contributed by atoms with Crippen LogP contribution in [0.2, 0.25) is 0 Å². The molecule has 2 aromatic heterocycles. The second-order valence-electron chi connectivity index (χ2n) is 4.55. The zero-order valence-corrected chi connectivity index (χ0v) is 12.8. The van der Waals surface area contributed by atoms with E-state index in [0.29, 0.717) is 5.13 Å². The molecule has 0 bridgehead atoms. The summed E-state index contributed by atoms with van der Waals surface area (Å²) in [5.41, 5.74) is 9.69. The van der Waals surface area contributed by atoms with Gasteiger partial charge in [0.05, 0.1) is 0 Å². The molecule has 0 saturated carbocycles. The molecule has 0 fully saturated rings. The molecule has 4 nitrogen and oxygen atoms in total. The predicted molar refractivity (Wildman–Crippen MR) is 87.4 cm³/mol. The van der Waals surface area contributed by atoms with Crippen molar-refractivity contribution in [3.8, 4) is 22.0 Å². The number of anilines is 2. The predicted octanol–water partition coefficient (Wildman–Crippen LogP) is 3.58. The molecule has 0 spiro atoms. The lowest BCUT2D eigenvalue weighted by molar-refractivity contribution is 1.13. The van der Waals surface area contributed by atoms with Crippen molar-refractivity contribution in [1.29, 1.82) is 0 Å². The number of hydrogen-bond donors (Lipinski definition) is 1. The average molecular weight is 302 g/mol. The molecule has 20 heavy (non-hydrogen) atoms. The Morgan fingerprint density at radius 2 is 1.60 bits per heavy atom. The van der Waals surface area contributed by atoms with Gasteiger partial charge in [-0.2, -0.15) is 0 Å². The summed E-state index contributed by atoms with van der Waals surface area (Å²) in [4.78, 5) is 11.0. The normalized spacial score (nSPS) is 10.7. The van der Waals surface area contributed by atoms with E-state index in [-0.39, 0.29) is 0 Å². The monoisotopic (exact) mass is 302 g/mol. The molecule has 0 aliphatic carbocycles. The third-order valence-electron chi connectivity index (χ3n) is 2.92. The molecule has 2 heterocycles. The van der Waals surface area contributed by atoms with E-state index in [0.717, 1.165) is 22.0 Å². The number of nitrogen functional groups attached to an aromatic ring is 1.